The monoisotopic (exact) mass is 365 g/mol. The minimum absolute atomic E-state index is 0.0273. The molecule has 0 unspecified atom stereocenters. The molecule has 2 aliphatic heterocycles. The van der Waals surface area contributed by atoms with Gasteiger partial charge < -0.3 is 15.0 Å². The number of rotatable bonds is 3. The third-order valence-corrected chi connectivity index (χ3v) is 5.31. The van der Waals surface area contributed by atoms with Gasteiger partial charge in [0.25, 0.3) is 5.91 Å². The number of benzene rings is 1. The number of hydrogen-bond acceptors (Lipinski definition) is 4. The highest BCUT2D eigenvalue weighted by molar-refractivity contribution is 5.94. The highest BCUT2D eigenvalue weighted by Gasteiger charge is 2.29. The van der Waals surface area contributed by atoms with E-state index in [9.17, 15) is 9.59 Å². The van der Waals surface area contributed by atoms with E-state index in [2.05, 4.69) is 10.3 Å². The number of para-hydroxylation sites is 1. The van der Waals surface area contributed by atoms with Crippen molar-refractivity contribution >= 4 is 11.8 Å². The van der Waals surface area contributed by atoms with Gasteiger partial charge >= 0.3 is 0 Å². The summed E-state index contributed by atoms with van der Waals surface area (Å²) >= 11 is 0. The summed E-state index contributed by atoms with van der Waals surface area (Å²) in [5, 5.41) is 3.15. The molecule has 0 radical (unpaired) electrons. The highest BCUT2D eigenvalue weighted by atomic mass is 16.5. The van der Waals surface area contributed by atoms with Crippen molar-refractivity contribution in [1.29, 1.82) is 0 Å². The molecule has 0 aliphatic carbocycles. The molecule has 6 heteroatoms. The van der Waals surface area contributed by atoms with Crippen LogP contribution in [0.5, 0.6) is 5.75 Å². The molecule has 2 aromatic rings. The van der Waals surface area contributed by atoms with Gasteiger partial charge in [0.15, 0.2) is 0 Å². The Kier molecular flexibility index (Phi) is 5.05. The van der Waals surface area contributed by atoms with Gasteiger partial charge in [-0.1, -0.05) is 18.2 Å². The van der Waals surface area contributed by atoms with Crippen LogP contribution in [0.25, 0.3) is 0 Å². The second-order valence-electron chi connectivity index (χ2n) is 7.13. The summed E-state index contributed by atoms with van der Waals surface area (Å²) in [7, 11) is 0. The zero-order valence-electron chi connectivity index (χ0n) is 15.1. The van der Waals surface area contributed by atoms with Crippen LogP contribution in [0.15, 0.2) is 48.8 Å². The normalized spacial score (nSPS) is 19.7. The number of hydrogen-bond donors (Lipinski definition) is 1. The van der Waals surface area contributed by atoms with E-state index in [1.807, 2.05) is 29.2 Å². The van der Waals surface area contributed by atoms with Crippen LogP contribution in [0.2, 0.25) is 0 Å². The van der Waals surface area contributed by atoms with Gasteiger partial charge in [0.2, 0.25) is 5.91 Å². The number of likely N-dealkylation sites (tertiary alicyclic amines) is 1. The number of piperidine rings is 1. The van der Waals surface area contributed by atoms with Gasteiger partial charge in [0.1, 0.15) is 12.4 Å². The Morgan fingerprint density at radius 1 is 1.07 bits per heavy atom. The zero-order chi connectivity index (χ0) is 18.6. The molecule has 0 bridgehead atoms. The molecule has 2 aliphatic rings. The Balaban J connectivity index is 1.28. The molecule has 1 saturated heterocycles. The lowest BCUT2D eigenvalue weighted by Gasteiger charge is -2.33. The van der Waals surface area contributed by atoms with E-state index >= 15 is 0 Å². The Morgan fingerprint density at radius 2 is 1.81 bits per heavy atom. The molecule has 2 amide bonds. The smallest absolute Gasteiger partial charge is 0.253 e. The van der Waals surface area contributed by atoms with Crippen LogP contribution >= 0.6 is 0 Å². The molecule has 27 heavy (non-hydrogen) atoms. The van der Waals surface area contributed by atoms with Crippen molar-refractivity contribution in [1.82, 2.24) is 15.2 Å². The summed E-state index contributed by atoms with van der Waals surface area (Å²) in [6, 6.07) is 11.4. The number of carbonyl (C=O) groups excluding carboxylic acids is 2. The Morgan fingerprint density at radius 3 is 2.59 bits per heavy atom. The SMILES string of the molecule is O=C(NC1CCN(C(=O)c2ccncc2)CC1)[C@H]1COc2ccccc2C1. The minimum atomic E-state index is -0.156. The summed E-state index contributed by atoms with van der Waals surface area (Å²) in [6.07, 6.45) is 5.51. The number of nitrogens with one attached hydrogen (secondary N) is 1. The van der Waals surface area contributed by atoms with Crippen molar-refractivity contribution in [3.05, 3.63) is 59.9 Å². The van der Waals surface area contributed by atoms with E-state index in [0.717, 1.165) is 24.2 Å². The van der Waals surface area contributed by atoms with Crippen LogP contribution in [0.1, 0.15) is 28.8 Å². The molecule has 0 saturated carbocycles. The van der Waals surface area contributed by atoms with Crippen LogP contribution in [0, 0.1) is 5.92 Å². The molecule has 6 nitrogen and oxygen atoms in total. The highest BCUT2D eigenvalue weighted by Crippen LogP contribution is 2.27. The maximum atomic E-state index is 12.6. The lowest BCUT2D eigenvalue weighted by molar-refractivity contribution is -0.127. The molecule has 140 valence electrons. The van der Waals surface area contributed by atoms with Crippen molar-refractivity contribution in [2.45, 2.75) is 25.3 Å². The largest absolute Gasteiger partial charge is 0.492 e. The molecule has 4 rings (SSSR count). The van der Waals surface area contributed by atoms with Crippen LogP contribution in [-0.2, 0) is 11.2 Å². The summed E-state index contributed by atoms with van der Waals surface area (Å²) in [5.74, 6) is 0.795. The predicted molar refractivity (Wildman–Crippen MR) is 100 cm³/mol. The number of nitrogens with zero attached hydrogens (tertiary/aromatic N) is 2. The molecular weight excluding hydrogens is 342 g/mol. The maximum Gasteiger partial charge on any atom is 0.253 e. The van der Waals surface area contributed by atoms with Crippen LogP contribution in [0.4, 0.5) is 0 Å². The van der Waals surface area contributed by atoms with E-state index in [0.29, 0.717) is 31.7 Å². The van der Waals surface area contributed by atoms with Gasteiger partial charge in [-0.05, 0) is 43.0 Å². The van der Waals surface area contributed by atoms with E-state index in [4.69, 9.17) is 4.74 Å². The summed E-state index contributed by atoms with van der Waals surface area (Å²) in [4.78, 5) is 30.9. The number of pyridine rings is 1. The molecule has 1 atom stereocenters. The fourth-order valence-corrected chi connectivity index (χ4v) is 3.72. The average Bonchev–Trinajstić information content (AvgIpc) is 2.74. The zero-order valence-corrected chi connectivity index (χ0v) is 15.1. The number of ether oxygens (including phenoxy) is 1. The fraction of sp³-hybridized carbons (Fsp3) is 0.381. The van der Waals surface area contributed by atoms with Gasteiger partial charge in [-0.15, -0.1) is 0 Å². The molecule has 1 aromatic carbocycles. The standard InChI is InChI=1S/C21H23N3O3/c25-20(17-13-16-3-1-2-4-19(16)27-14-17)23-18-7-11-24(12-8-18)21(26)15-5-9-22-10-6-15/h1-6,9-10,17-18H,7-8,11-14H2,(H,23,25)/t17-/m1/s1. The predicted octanol–water partition coefficient (Wildman–Crippen LogP) is 2.05. The lowest BCUT2D eigenvalue weighted by Crippen LogP contribution is -2.49. The molecule has 1 fully saturated rings. The summed E-state index contributed by atoms with van der Waals surface area (Å²) < 4.78 is 5.73. The molecule has 0 spiro atoms. The number of fused-ring (bicyclic) bond motifs is 1. The minimum Gasteiger partial charge on any atom is -0.492 e. The molecular formula is C21H23N3O3. The lowest BCUT2D eigenvalue weighted by atomic mass is 9.95. The van der Waals surface area contributed by atoms with Crippen molar-refractivity contribution in [3.8, 4) is 5.75 Å². The van der Waals surface area contributed by atoms with Crippen molar-refractivity contribution < 1.29 is 14.3 Å². The number of aromatic nitrogens is 1. The van der Waals surface area contributed by atoms with Crippen LogP contribution in [-0.4, -0.2) is 47.4 Å². The third kappa shape index (κ3) is 3.94. The average molecular weight is 365 g/mol. The third-order valence-electron chi connectivity index (χ3n) is 5.31. The molecule has 3 heterocycles. The van der Waals surface area contributed by atoms with E-state index < -0.39 is 0 Å². The van der Waals surface area contributed by atoms with E-state index in [1.165, 1.54) is 0 Å². The van der Waals surface area contributed by atoms with Crippen molar-refractivity contribution in [3.63, 3.8) is 0 Å². The Labute approximate surface area is 158 Å². The first kappa shape index (κ1) is 17.5. The van der Waals surface area contributed by atoms with Gasteiger partial charge in [0, 0.05) is 37.1 Å². The number of carbonyl (C=O) groups is 2. The molecule has 1 aromatic heterocycles. The second-order valence-corrected chi connectivity index (χ2v) is 7.13. The van der Waals surface area contributed by atoms with E-state index in [-0.39, 0.29) is 23.8 Å². The first-order valence-corrected chi connectivity index (χ1v) is 9.41. The van der Waals surface area contributed by atoms with Crippen LogP contribution in [0.3, 0.4) is 0 Å². The second kappa shape index (κ2) is 7.78. The Hall–Kier alpha value is -2.89. The first-order valence-electron chi connectivity index (χ1n) is 9.41. The Bertz CT molecular complexity index is 816. The van der Waals surface area contributed by atoms with Crippen molar-refractivity contribution in [2.75, 3.05) is 19.7 Å². The van der Waals surface area contributed by atoms with E-state index in [1.54, 1.807) is 24.5 Å². The maximum absolute atomic E-state index is 12.6. The van der Waals surface area contributed by atoms with Gasteiger partial charge in [0.05, 0.1) is 5.92 Å². The van der Waals surface area contributed by atoms with Gasteiger partial charge in [-0.25, -0.2) is 0 Å². The summed E-state index contributed by atoms with van der Waals surface area (Å²) in [6.45, 7) is 1.72. The topological polar surface area (TPSA) is 71.5 Å². The quantitative estimate of drug-likeness (QED) is 0.904. The van der Waals surface area contributed by atoms with Gasteiger partial charge in [-0.2, -0.15) is 0 Å². The van der Waals surface area contributed by atoms with Gasteiger partial charge in [-0.3, -0.25) is 14.6 Å². The van der Waals surface area contributed by atoms with Crippen molar-refractivity contribution in [2.24, 2.45) is 5.92 Å². The number of amides is 2. The first-order chi connectivity index (χ1) is 13.2. The fourth-order valence-electron chi connectivity index (χ4n) is 3.72. The van der Waals surface area contributed by atoms with Crippen LogP contribution < -0.4 is 10.1 Å². The summed E-state index contributed by atoms with van der Waals surface area (Å²) in [5.41, 5.74) is 1.74. The molecule has 1 N–H and O–H groups in total.